The minimum absolute atomic E-state index is 0.726. The molecular weight excluding hydrogens is 268 g/mol. The molecule has 0 saturated heterocycles. The standard InChI is InChI=1S/C15H16N4S/c1-12-7-8-15(20-12)11-16-9-13-10-17-19(18-13)14-5-3-2-4-6-14/h2-8,10,16H,9,11H2,1H3. The predicted octanol–water partition coefficient (Wildman–Crippen LogP) is 2.93. The van der Waals surface area contributed by atoms with Gasteiger partial charge in [-0.15, -0.1) is 11.3 Å². The Bertz CT molecular complexity index is 672. The van der Waals surface area contributed by atoms with E-state index in [1.165, 1.54) is 9.75 Å². The van der Waals surface area contributed by atoms with Gasteiger partial charge in [0.1, 0.15) is 0 Å². The van der Waals surface area contributed by atoms with Crippen LogP contribution in [0.15, 0.2) is 48.7 Å². The molecule has 5 heteroatoms. The highest BCUT2D eigenvalue weighted by atomic mass is 32.1. The van der Waals surface area contributed by atoms with Crippen LogP contribution < -0.4 is 5.32 Å². The molecule has 0 atom stereocenters. The molecule has 0 radical (unpaired) electrons. The SMILES string of the molecule is Cc1ccc(CNCc2cnn(-c3ccccc3)n2)s1. The van der Waals surface area contributed by atoms with E-state index in [0.717, 1.165) is 24.5 Å². The first-order chi connectivity index (χ1) is 9.81. The van der Waals surface area contributed by atoms with Gasteiger partial charge in [0, 0.05) is 22.8 Å². The third-order valence-electron chi connectivity index (χ3n) is 2.93. The van der Waals surface area contributed by atoms with Crippen molar-refractivity contribution in [3.8, 4) is 5.69 Å². The number of aryl methyl sites for hydroxylation is 1. The van der Waals surface area contributed by atoms with Gasteiger partial charge in [-0.25, -0.2) is 0 Å². The fourth-order valence-corrected chi connectivity index (χ4v) is 2.82. The van der Waals surface area contributed by atoms with Crippen LogP contribution in [0.25, 0.3) is 5.69 Å². The molecule has 20 heavy (non-hydrogen) atoms. The molecule has 3 rings (SSSR count). The largest absolute Gasteiger partial charge is 0.306 e. The fourth-order valence-electron chi connectivity index (χ4n) is 1.96. The molecule has 4 nitrogen and oxygen atoms in total. The second kappa shape index (κ2) is 5.98. The van der Waals surface area contributed by atoms with Gasteiger partial charge in [0.15, 0.2) is 0 Å². The molecule has 0 aliphatic heterocycles. The van der Waals surface area contributed by atoms with Gasteiger partial charge in [0.05, 0.1) is 17.6 Å². The number of hydrogen-bond acceptors (Lipinski definition) is 4. The summed E-state index contributed by atoms with van der Waals surface area (Å²) in [5, 5.41) is 12.1. The average Bonchev–Trinajstić information content (AvgIpc) is 3.09. The molecule has 0 spiro atoms. The molecule has 0 bridgehead atoms. The van der Waals surface area contributed by atoms with Crippen molar-refractivity contribution in [2.75, 3.05) is 0 Å². The van der Waals surface area contributed by atoms with Crippen molar-refractivity contribution < 1.29 is 0 Å². The maximum Gasteiger partial charge on any atom is 0.0969 e. The van der Waals surface area contributed by atoms with Crippen LogP contribution in [0.2, 0.25) is 0 Å². The van der Waals surface area contributed by atoms with Crippen LogP contribution in [-0.2, 0) is 13.1 Å². The highest BCUT2D eigenvalue weighted by molar-refractivity contribution is 7.11. The van der Waals surface area contributed by atoms with Gasteiger partial charge in [-0.05, 0) is 31.2 Å². The molecular formula is C15H16N4S. The van der Waals surface area contributed by atoms with Gasteiger partial charge in [-0.1, -0.05) is 18.2 Å². The number of nitrogens with zero attached hydrogens (tertiary/aromatic N) is 3. The van der Waals surface area contributed by atoms with Crippen molar-refractivity contribution in [3.63, 3.8) is 0 Å². The molecule has 0 aliphatic carbocycles. The second-order valence-electron chi connectivity index (χ2n) is 4.58. The Morgan fingerprint density at radius 3 is 2.70 bits per heavy atom. The molecule has 0 aliphatic rings. The van der Waals surface area contributed by atoms with Crippen LogP contribution >= 0.6 is 11.3 Å². The molecule has 0 unspecified atom stereocenters. The van der Waals surface area contributed by atoms with Crippen LogP contribution in [-0.4, -0.2) is 15.0 Å². The lowest BCUT2D eigenvalue weighted by Crippen LogP contribution is -2.12. The summed E-state index contributed by atoms with van der Waals surface area (Å²) in [5.74, 6) is 0. The number of benzene rings is 1. The van der Waals surface area contributed by atoms with E-state index in [-0.39, 0.29) is 0 Å². The summed E-state index contributed by atoms with van der Waals surface area (Å²) >= 11 is 1.82. The quantitative estimate of drug-likeness (QED) is 0.783. The van der Waals surface area contributed by atoms with Crippen molar-refractivity contribution in [1.29, 1.82) is 0 Å². The van der Waals surface area contributed by atoms with E-state index >= 15 is 0 Å². The smallest absolute Gasteiger partial charge is 0.0969 e. The van der Waals surface area contributed by atoms with Crippen LogP contribution in [0.3, 0.4) is 0 Å². The van der Waals surface area contributed by atoms with Crippen LogP contribution in [0.5, 0.6) is 0 Å². The monoisotopic (exact) mass is 284 g/mol. The highest BCUT2D eigenvalue weighted by Gasteiger charge is 2.02. The van der Waals surface area contributed by atoms with Gasteiger partial charge >= 0.3 is 0 Å². The topological polar surface area (TPSA) is 42.7 Å². The summed E-state index contributed by atoms with van der Waals surface area (Å²) in [7, 11) is 0. The Kier molecular flexibility index (Phi) is 3.90. The summed E-state index contributed by atoms with van der Waals surface area (Å²) in [5.41, 5.74) is 1.93. The third-order valence-corrected chi connectivity index (χ3v) is 3.93. The number of para-hydroxylation sites is 1. The van der Waals surface area contributed by atoms with E-state index in [1.807, 2.05) is 41.7 Å². The lowest BCUT2D eigenvalue weighted by atomic mass is 10.3. The highest BCUT2D eigenvalue weighted by Crippen LogP contribution is 2.14. The fraction of sp³-hybridized carbons (Fsp3) is 0.200. The van der Waals surface area contributed by atoms with Crippen LogP contribution in [0, 0.1) is 6.92 Å². The van der Waals surface area contributed by atoms with Crippen LogP contribution in [0.1, 0.15) is 15.4 Å². The Balaban J connectivity index is 1.58. The Labute approximate surface area is 122 Å². The average molecular weight is 284 g/mol. The van der Waals surface area contributed by atoms with E-state index in [0.29, 0.717) is 0 Å². The normalized spacial score (nSPS) is 10.8. The van der Waals surface area contributed by atoms with E-state index < -0.39 is 0 Å². The first-order valence-corrected chi connectivity index (χ1v) is 7.35. The summed E-state index contributed by atoms with van der Waals surface area (Å²) in [6, 6.07) is 14.2. The maximum atomic E-state index is 4.46. The number of aromatic nitrogens is 3. The zero-order valence-electron chi connectivity index (χ0n) is 11.3. The third kappa shape index (κ3) is 3.12. The van der Waals surface area contributed by atoms with Gasteiger partial charge in [-0.3, -0.25) is 0 Å². The molecule has 0 amide bonds. The van der Waals surface area contributed by atoms with E-state index in [4.69, 9.17) is 0 Å². The molecule has 0 fully saturated rings. The summed E-state index contributed by atoms with van der Waals surface area (Å²) < 4.78 is 0. The van der Waals surface area contributed by atoms with Gasteiger partial charge in [-0.2, -0.15) is 15.0 Å². The van der Waals surface area contributed by atoms with Gasteiger partial charge in [0.2, 0.25) is 0 Å². The molecule has 2 aromatic heterocycles. The minimum atomic E-state index is 0.726. The Morgan fingerprint density at radius 1 is 1.10 bits per heavy atom. The number of hydrogen-bond donors (Lipinski definition) is 1. The van der Waals surface area contributed by atoms with Crippen molar-refractivity contribution in [2.45, 2.75) is 20.0 Å². The zero-order valence-corrected chi connectivity index (χ0v) is 12.1. The first kappa shape index (κ1) is 13.0. The summed E-state index contributed by atoms with van der Waals surface area (Å²) in [4.78, 5) is 4.35. The van der Waals surface area contributed by atoms with E-state index in [2.05, 4.69) is 34.6 Å². The summed E-state index contributed by atoms with van der Waals surface area (Å²) in [6.07, 6.45) is 1.81. The molecule has 102 valence electrons. The second-order valence-corrected chi connectivity index (χ2v) is 5.95. The molecule has 1 aromatic carbocycles. The van der Waals surface area contributed by atoms with Crippen molar-refractivity contribution >= 4 is 11.3 Å². The predicted molar refractivity (Wildman–Crippen MR) is 81.0 cm³/mol. The Morgan fingerprint density at radius 2 is 1.95 bits per heavy atom. The van der Waals surface area contributed by atoms with Crippen LogP contribution in [0.4, 0.5) is 0 Å². The minimum Gasteiger partial charge on any atom is -0.306 e. The Hall–Kier alpha value is -1.98. The lowest BCUT2D eigenvalue weighted by Gasteiger charge is -2.00. The molecule has 0 saturated carbocycles. The zero-order chi connectivity index (χ0) is 13.8. The number of thiophene rings is 1. The maximum absolute atomic E-state index is 4.46. The van der Waals surface area contributed by atoms with E-state index in [1.54, 1.807) is 11.0 Å². The number of nitrogens with one attached hydrogen (secondary N) is 1. The summed E-state index contributed by atoms with van der Waals surface area (Å²) in [6.45, 7) is 3.72. The van der Waals surface area contributed by atoms with Gasteiger partial charge in [0.25, 0.3) is 0 Å². The number of rotatable bonds is 5. The molecule has 2 heterocycles. The van der Waals surface area contributed by atoms with Crippen molar-refractivity contribution in [2.24, 2.45) is 0 Å². The lowest BCUT2D eigenvalue weighted by molar-refractivity contribution is 0.667. The first-order valence-electron chi connectivity index (χ1n) is 6.54. The van der Waals surface area contributed by atoms with Gasteiger partial charge < -0.3 is 5.32 Å². The van der Waals surface area contributed by atoms with E-state index in [9.17, 15) is 0 Å². The van der Waals surface area contributed by atoms with Crippen molar-refractivity contribution in [3.05, 3.63) is 64.1 Å². The van der Waals surface area contributed by atoms with Crippen molar-refractivity contribution in [1.82, 2.24) is 20.3 Å². The molecule has 3 aromatic rings. The molecule has 1 N–H and O–H groups in total.